The number of hydrogen-bond acceptors (Lipinski definition) is 3. The van der Waals surface area contributed by atoms with E-state index in [2.05, 4.69) is 22.7 Å². The lowest BCUT2D eigenvalue weighted by Gasteiger charge is -2.08. The van der Waals surface area contributed by atoms with Gasteiger partial charge in [-0.2, -0.15) is 5.10 Å². The van der Waals surface area contributed by atoms with Crippen LogP contribution in [0.3, 0.4) is 0 Å². The van der Waals surface area contributed by atoms with Crippen LogP contribution in [0.5, 0.6) is 0 Å². The van der Waals surface area contributed by atoms with Crippen LogP contribution in [0.4, 0.5) is 0 Å². The number of benzene rings is 3. The Hall–Kier alpha value is -3.66. The minimum atomic E-state index is -0.242. The van der Waals surface area contributed by atoms with Gasteiger partial charge in [0, 0.05) is 10.9 Å². The zero-order chi connectivity index (χ0) is 18.5. The molecule has 0 saturated carbocycles. The SMILES string of the molecule is O=C(N/N=C/c1cc2ccccc2o1)c1ccccc1Cc1ccccc1. The molecule has 0 aliphatic carbocycles. The third-order valence-electron chi connectivity index (χ3n) is 4.30. The molecule has 4 aromatic rings. The molecule has 132 valence electrons. The van der Waals surface area contributed by atoms with E-state index in [1.165, 1.54) is 6.21 Å². The lowest BCUT2D eigenvalue weighted by Crippen LogP contribution is -2.19. The Morgan fingerprint density at radius 1 is 0.926 bits per heavy atom. The van der Waals surface area contributed by atoms with Crippen LogP contribution >= 0.6 is 0 Å². The topological polar surface area (TPSA) is 54.6 Å². The molecule has 0 spiro atoms. The van der Waals surface area contributed by atoms with Gasteiger partial charge in [-0.1, -0.05) is 66.7 Å². The summed E-state index contributed by atoms with van der Waals surface area (Å²) in [7, 11) is 0. The van der Waals surface area contributed by atoms with Gasteiger partial charge in [0.1, 0.15) is 11.3 Å². The number of nitrogens with one attached hydrogen (secondary N) is 1. The van der Waals surface area contributed by atoms with Gasteiger partial charge < -0.3 is 4.42 Å². The highest BCUT2D eigenvalue weighted by Crippen LogP contribution is 2.17. The van der Waals surface area contributed by atoms with E-state index in [1.807, 2.05) is 72.8 Å². The average molecular weight is 354 g/mol. The Morgan fingerprint density at radius 2 is 1.67 bits per heavy atom. The van der Waals surface area contributed by atoms with Crippen LogP contribution in [-0.2, 0) is 6.42 Å². The van der Waals surface area contributed by atoms with Gasteiger partial charge in [0.15, 0.2) is 0 Å². The number of furan rings is 1. The zero-order valence-corrected chi connectivity index (χ0v) is 14.6. The fourth-order valence-corrected chi connectivity index (χ4v) is 2.99. The van der Waals surface area contributed by atoms with Crippen LogP contribution in [0.25, 0.3) is 11.0 Å². The Labute approximate surface area is 157 Å². The third kappa shape index (κ3) is 3.96. The summed E-state index contributed by atoms with van der Waals surface area (Å²) in [6, 6.07) is 27.2. The molecule has 27 heavy (non-hydrogen) atoms. The van der Waals surface area contributed by atoms with Crippen molar-refractivity contribution in [2.24, 2.45) is 5.10 Å². The predicted octanol–water partition coefficient (Wildman–Crippen LogP) is 4.79. The number of fused-ring (bicyclic) bond motifs is 1. The van der Waals surface area contributed by atoms with Gasteiger partial charge in [-0.05, 0) is 35.7 Å². The smallest absolute Gasteiger partial charge is 0.271 e. The maximum Gasteiger partial charge on any atom is 0.271 e. The molecule has 0 atom stereocenters. The maximum absolute atomic E-state index is 12.6. The molecule has 0 saturated heterocycles. The highest BCUT2D eigenvalue weighted by atomic mass is 16.3. The first kappa shape index (κ1) is 16.8. The Balaban J connectivity index is 1.48. The Morgan fingerprint density at radius 3 is 2.52 bits per heavy atom. The fraction of sp³-hybridized carbons (Fsp3) is 0.0435. The summed E-state index contributed by atoms with van der Waals surface area (Å²) < 4.78 is 5.66. The van der Waals surface area contributed by atoms with E-state index < -0.39 is 0 Å². The van der Waals surface area contributed by atoms with E-state index in [-0.39, 0.29) is 5.91 Å². The van der Waals surface area contributed by atoms with Crippen LogP contribution < -0.4 is 5.43 Å². The second-order valence-corrected chi connectivity index (χ2v) is 6.21. The van der Waals surface area contributed by atoms with Crippen molar-refractivity contribution in [2.75, 3.05) is 0 Å². The first-order chi connectivity index (χ1) is 13.3. The molecule has 0 bridgehead atoms. The van der Waals surface area contributed by atoms with E-state index in [1.54, 1.807) is 0 Å². The van der Waals surface area contributed by atoms with Gasteiger partial charge >= 0.3 is 0 Å². The summed E-state index contributed by atoms with van der Waals surface area (Å²) in [6.07, 6.45) is 2.20. The quantitative estimate of drug-likeness (QED) is 0.414. The van der Waals surface area contributed by atoms with Gasteiger partial charge in [-0.25, -0.2) is 5.43 Å². The number of amides is 1. The van der Waals surface area contributed by atoms with E-state index in [0.29, 0.717) is 17.7 Å². The Bertz CT molecular complexity index is 1060. The zero-order valence-electron chi connectivity index (χ0n) is 14.6. The van der Waals surface area contributed by atoms with Crippen LogP contribution in [0, 0.1) is 0 Å². The second-order valence-electron chi connectivity index (χ2n) is 6.21. The van der Waals surface area contributed by atoms with Gasteiger partial charge in [0.25, 0.3) is 5.91 Å². The standard InChI is InChI=1S/C23H18N2O2/c26-23(25-24-16-20-15-19-11-5-7-13-22(19)27-20)21-12-6-4-10-18(21)14-17-8-2-1-3-9-17/h1-13,15-16H,14H2,(H,25,26)/b24-16+. The molecule has 4 nitrogen and oxygen atoms in total. The minimum Gasteiger partial charge on any atom is -0.455 e. The number of rotatable bonds is 5. The first-order valence-electron chi connectivity index (χ1n) is 8.73. The van der Waals surface area contributed by atoms with Crippen molar-refractivity contribution in [1.82, 2.24) is 5.43 Å². The molecule has 1 heterocycles. The van der Waals surface area contributed by atoms with Crippen molar-refractivity contribution >= 4 is 23.1 Å². The van der Waals surface area contributed by atoms with Crippen molar-refractivity contribution in [1.29, 1.82) is 0 Å². The molecule has 1 aromatic heterocycles. The number of hydrazone groups is 1. The van der Waals surface area contributed by atoms with E-state index in [0.717, 1.165) is 22.1 Å². The summed E-state index contributed by atoms with van der Waals surface area (Å²) in [5, 5.41) is 5.04. The van der Waals surface area contributed by atoms with Crippen molar-refractivity contribution < 1.29 is 9.21 Å². The van der Waals surface area contributed by atoms with Crippen molar-refractivity contribution in [2.45, 2.75) is 6.42 Å². The summed E-state index contributed by atoms with van der Waals surface area (Å²) in [5.74, 6) is 0.350. The summed E-state index contributed by atoms with van der Waals surface area (Å²) in [6.45, 7) is 0. The average Bonchev–Trinajstić information content (AvgIpc) is 3.12. The summed E-state index contributed by atoms with van der Waals surface area (Å²) in [5.41, 5.74) is 6.11. The molecule has 1 N–H and O–H groups in total. The number of carbonyl (C=O) groups is 1. The second kappa shape index (κ2) is 7.70. The van der Waals surface area contributed by atoms with Gasteiger partial charge in [-0.15, -0.1) is 0 Å². The molecule has 0 aliphatic rings. The highest BCUT2D eigenvalue weighted by molar-refractivity contribution is 5.96. The molecule has 0 aliphatic heterocycles. The molecule has 0 fully saturated rings. The molecule has 4 rings (SSSR count). The van der Waals surface area contributed by atoms with Crippen LogP contribution in [0.1, 0.15) is 27.2 Å². The largest absolute Gasteiger partial charge is 0.455 e. The normalized spacial score (nSPS) is 11.1. The van der Waals surface area contributed by atoms with Gasteiger partial charge in [-0.3, -0.25) is 4.79 Å². The number of nitrogens with zero attached hydrogens (tertiary/aromatic N) is 1. The molecule has 0 unspecified atom stereocenters. The number of hydrogen-bond donors (Lipinski definition) is 1. The molecule has 1 amide bonds. The number of carbonyl (C=O) groups excluding carboxylic acids is 1. The van der Waals surface area contributed by atoms with Crippen LogP contribution in [0.2, 0.25) is 0 Å². The lowest BCUT2D eigenvalue weighted by atomic mass is 9.99. The highest BCUT2D eigenvalue weighted by Gasteiger charge is 2.10. The molecule has 3 aromatic carbocycles. The summed E-state index contributed by atoms with van der Waals surface area (Å²) in [4.78, 5) is 12.6. The first-order valence-corrected chi connectivity index (χ1v) is 8.73. The molecular weight excluding hydrogens is 336 g/mol. The van der Waals surface area contributed by atoms with Gasteiger partial charge in [0.05, 0.1) is 6.21 Å². The monoisotopic (exact) mass is 354 g/mol. The van der Waals surface area contributed by atoms with E-state index in [9.17, 15) is 4.79 Å². The number of para-hydroxylation sites is 1. The molecule has 0 radical (unpaired) electrons. The summed E-state index contributed by atoms with van der Waals surface area (Å²) >= 11 is 0. The van der Waals surface area contributed by atoms with Crippen molar-refractivity contribution in [3.8, 4) is 0 Å². The fourth-order valence-electron chi connectivity index (χ4n) is 2.99. The van der Waals surface area contributed by atoms with E-state index in [4.69, 9.17) is 4.42 Å². The van der Waals surface area contributed by atoms with Gasteiger partial charge in [0.2, 0.25) is 0 Å². The molecular formula is C23H18N2O2. The third-order valence-corrected chi connectivity index (χ3v) is 4.30. The minimum absolute atomic E-state index is 0.242. The van der Waals surface area contributed by atoms with Crippen LogP contribution in [-0.4, -0.2) is 12.1 Å². The predicted molar refractivity (Wildman–Crippen MR) is 107 cm³/mol. The maximum atomic E-state index is 12.6. The van der Waals surface area contributed by atoms with Crippen LogP contribution in [0.15, 0.2) is 94.4 Å². The molecule has 4 heteroatoms. The Kier molecular flexibility index (Phi) is 4.79. The van der Waals surface area contributed by atoms with Crippen molar-refractivity contribution in [3.63, 3.8) is 0 Å². The van der Waals surface area contributed by atoms with Crippen molar-refractivity contribution in [3.05, 3.63) is 107 Å². The van der Waals surface area contributed by atoms with E-state index >= 15 is 0 Å². The lowest BCUT2D eigenvalue weighted by molar-refractivity contribution is 0.0954.